The third-order valence-corrected chi connectivity index (χ3v) is 1.40. The van der Waals surface area contributed by atoms with E-state index < -0.39 is 17.4 Å². The van der Waals surface area contributed by atoms with Crippen LogP contribution in [0, 0.1) is 11.3 Å². The van der Waals surface area contributed by atoms with Crippen LogP contribution in [0.2, 0.25) is 0 Å². The van der Waals surface area contributed by atoms with Gasteiger partial charge in [-0.05, 0) is 0 Å². The maximum absolute atomic E-state index is 10.7. The highest BCUT2D eigenvalue weighted by Crippen LogP contribution is 2.10. The number of hydrogen-bond acceptors (Lipinski definition) is 3. The summed E-state index contributed by atoms with van der Waals surface area (Å²) in [5.41, 5.74) is -1.88. The van der Waals surface area contributed by atoms with Gasteiger partial charge in [0.25, 0.3) is 0 Å². The molecule has 2 N–H and O–H groups in total. The molecule has 0 aromatic heterocycles. The quantitative estimate of drug-likeness (QED) is 0.601. The minimum absolute atomic E-state index is 0.127. The lowest BCUT2D eigenvalue weighted by atomic mass is 9.97. The first-order chi connectivity index (χ1) is 5.98. The van der Waals surface area contributed by atoms with E-state index in [1.807, 2.05) is 0 Å². The molecule has 0 fully saturated rings. The molecule has 5 heteroatoms. The Balaban J connectivity index is 4.88. The lowest BCUT2D eigenvalue weighted by molar-refractivity contribution is -0.144. The van der Waals surface area contributed by atoms with Gasteiger partial charge in [0.1, 0.15) is 6.07 Å². The number of rotatable bonds is 4. The Hall–Kier alpha value is -1.83. The summed E-state index contributed by atoms with van der Waals surface area (Å²) in [4.78, 5) is 21.3. The number of nitriles is 1. The average molecular weight is 182 g/mol. The van der Waals surface area contributed by atoms with Crippen LogP contribution in [-0.4, -0.2) is 22.5 Å². The van der Waals surface area contributed by atoms with Gasteiger partial charge < -0.3 is 10.4 Å². The molecular weight excluding hydrogens is 172 g/mol. The largest absolute Gasteiger partial charge is 0.479 e. The van der Waals surface area contributed by atoms with Crippen LogP contribution in [0.5, 0.6) is 0 Å². The molecule has 0 heterocycles. The molecule has 0 saturated carbocycles. The van der Waals surface area contributed by atoms with E-state index in [1.54, 1.807) is 6.07 Å². The zero-order valence-corrected chi connectivity index (χ0v) is 7.20. The second-order valence-electron chi connectivity index (χ2n) is 2.50. The summed E-state index contributed by atoms with van der Waals surface area (Å²) in [5, 5.41) is 19.4. The predicted molar refractivity (Wildman–Crippen MR) is 44.6 cm³/mol. The Bertz CT molecular complexity index is 280. The van der Waals surface area contributed by atoms with Gasteiger partial charge in [-0.3, -0.25) is 4.79 Å². The maximum atomic E-state index is 10.7. The fourth-order valence-corrected chi connectivity index (χ4v) is 0.830. The average Bonchev–Trinajstić information content (AvgIpc) is 2.02. The van der Waals surface area contributed by atoms with Crippen molar-refractivity contribution in [3.8, 4) is 6.07 Å². The highest BCUT2D eigenvalue weighted by atomic mass is 16.4. The minimum Gasteiger partial charge on any atom is -0.479 e. The van der Waals surface area contributed by atoms with Gasteiger partial charge in [0.2, 0.25) is 11.4 Å². The third kappa shape index (κ3) is 2.60. The third-order valence-electron chi connectivity index (χ3n) is 1.40. The second kappa shape index (κ2) is 4.26. The number of hydrogen-bond donors (Lipinski definition) is 2. The molecule has 1 atom stereocenters. The van der Waals surface area contributed by atoms with Crippen molar-refractivity contribution >= 4 is 11.9 Å². The fourth-order valence-electron chi connectivity index (χ4n) is 0.830. The number of carbonyl (C=O) groups is 2. The molecule has 0 aliphatic carbocycles. The van der Waals surface area contributed by atoms with Crippen molar-refractivity contribution in [1.82, 2.24) is 5.32 Å². The molecule has 0 spiro atoms. The lowest BCUT2D eigenvalue weighted by Gasteiger charge is -2.20. The monoisotopic (exact) mass is 182 g/mol. The Morgan fingerprint density at radius 2 is 2.31 bits per heavy atom. The first kappa shape index (κ1) is 11.2. The lowest BCUT2D eigenvalue weighted by Crippen LogP contribution is -2.52. The van der Waals surface area contributed by atoms with Crippen molar-refractivity contribution in [2.24, 2.45) is 0 Å². The molecular formula is C8H10N2O3. The van der Waals surface area contributed by atoms with Crippen molar-refractivity contribution < 1.29 is 14.7 Å². The van der Waals surface area contributed by atoms with E-state index in [0.717, 1.165) is 6.92 Å². The van der Waals surface area contributed by atoms with E-state index in [2.05, 4.69) is 11.9 Å². The van der Waals surface area contributed by atoms with Crippen molar-refractivity contribution in [3.05, 3.63) is 12.7 Å². The van der Waals surface area contributed by atoms with E-state index in [1.165, 1.54) is 6.08 Å². The minimum atomic E-state index is -1.88. The van der Waals surface area contributed by atoms with Gasteiger partial charge in [-0.2, -0.15) is 5.26 Å². The number of nitrogens with zero attached hydrogens (tertiary/aromatic N) is 1. The van der Waals surface area contributed by atoms with Crippen LogP contribution in [0.3, 0.4) is 0 Å². The summed E-state index contributed by atoms with van der Waals surface area (Å²) >= 11 is 0. The summed E-state index contributed by atoms with van der Waals surface area (Å²) in [6.07, 6.45) is 1.14. The van der Waals surface area contributed by atoms with Crippen LogP contribution < -0.4 is 5.32 Å². The van der Waals surface area contributed by atoms with Crippen molar-refractivity contribution in [3.63, 3.8) is 0 Å². The normalized spacial score (nSPS) is 13.5. The highest BCUT2D eigenvalue weighted by Gasteiger charge is 2.38. The zero-order valence-electron chi connectivity index (χ0n) is 7.20. The molecule has 0 radical (unpaired) electrons. The SMILES string of the molecule is C=CCC(C#N)(NC(C)=O)C(=O)O. The van der Waals surface area contributed by atoms with Crippen molar-refractivity contribution in [2.45, 2.75) is 18.9 Å². The zero-order chi connectivity index (χ0) is 10.5. The molecule has 0 aromatic rings. The molecule has 0 bridgehead atoms. The molecule has 1 unspecified atom stereocenters. The van der Waals surface area contributed by atoms with Gasteiger partial charge in [0, 0.05) is 13.3 Å². The number of amides is 1. The van der Waals surface area contributed by atoms with Gasteiger partial charge in [-0.1, -0.05) is 6.08 Å². The molecule has 0 aliphatic rings. The van der Waals surface area contributed by atoms with Crippen LogP contribution in [0.25, 0.3) is 0 Å². The number of aliphatic carboxylic acids is 1. The standard InChI is InChI=1S/C8H10N2O3/c1-3-4-8(5-9,7(12)13)10-6(2)11/h3H,1,4H2,2H3,(H,10,11)(H,12,13). The summed E-state index contributed by atoms with van der Waals surface area (Å²) in [6.45, 7) is 4.47. The van der Waals surface area contributed by atoms with E-state index in [9.17, 15) is 9.59 Å². The topological polar surface area (TPSA) is 90.2 Å². The van der Waals surface area contributed by atoms with Gasteiger partial charge >= 0.3 is 5.97 Å². The number of carboxylic acids is 1. The van der Waals surface area contributed by atoms with Gasteiger partial charge in [-0.25, -0.2) is 4.79 Å². The number of carbonyl (C=O) groups excluding carboxylic acids is 1. The molecule has 13 heavy (non-hydrogen) atoms. The van der Waals surface area contributed by atoms with Gasteiger partial charge in [-0.15, -0.1) is 6.58 Å². The number of carboxylic acid groups (broad SMARTS) is 1. The number of nitrogens with one attached hydrogen (secondary N) is 1. The smallest absolute Gasteiger partial charge is 0.344 e. The van der Waals surface area contributed by atoms with Crippen LogP contribution >= 0.6 is 0 Å². The van der Waals surface area contributed by atoms with Gasteiger partial charge in [0.15, 0.2) is 0 Å². The maximum Gasteiger partial charge on any atom is 0.344 e. The molecule has 0 aromatic carbocycles. The molecule has 1 amide bonds. The Kier molecular flexibility index (Phi) is 3.66. The first-order valence-corrected chi connectivity index (χ1v) is 3.53. The molecule has 0 aliphatic heterocycles. The Labute approximate surface area is 75.7 Å². The van der Waals surface area contributed by atoms with Crippen LogP contribution in [0.15, 0.2) is 12.7 Å². The van der Waals surface area contributed by atoms with E-state index in [4.69, 9.17) is 10.4 Å². The molecule has 5 nitrogen and oxygen atoms in total. The van der Waals surface area contributed by atoms with E-state index >= 15 is 0 Å². The summed E-state index contributed by atoms with van der Waals surface area (Å²) < 4.78 is 0. The highest BCUT2D eigenvalue weighted by molar-refractivity contribution is 5.89. The van der Waals surface area contributed by atoms with Crippen molar-refractivity contribution in [1.29, 1.82) is 5.26 Å². The molecule has 0 rings (SSSR count). The Morgan fingerprint density at radius 1 is 1.77 bits per heavy atom. The van der Waals surface area contributed by atoms with E-state index in [0.29, 0.717) is 0 Å². The summed E-state index contributed by atoms with van der Waals surface area (Å²) in [5.74, 6) is -1.95. The summed E-state index contributed by atoms with van der Waals surface area (Å²) in [6, 6.07) is 1.54. The van der Waals surface area contributed by atoms with E-state index in [-0.39, 0.29) is 6.42 Å². The predicted octanol–water partition coefficient (Wildman–Crippen LogP) is 0.0456. The molecule has 0 saturated heterocycles. The second-order valence-corrected chi connectivity index (χ2v) is 2.50. The fraction of sp³-hybridized carbons (Fsp3) is 0.375. The molecule has 70 valence electrons. The van der Waals surface area contributed by atoms with Crippen molar-refractivity contribution in [2.75, 3.05) is 0 Å². The summed E-state index contributed by atoms with van der Waals surface area (Å²) in [7, 11) is 0. The van der Waals surface area contributed by atoms with Crippen LogP contribution in [0.4, 0.5) is 0 Å². The first-order valence-electron chi connectivity index (χ1n) is 3.53. The van der Waals surface area contributed by atoms with Crippen LogP contribution in [0.1, 0.15) is 13.3 Å². The van der Waals surface area contributed by atoms with Crippen LogP contribution in [-0.2, 0) is 9.59 Å². The Morgan fingerprint density at radius 3 is 2.54 bits per heavy atom. The van der Waals surface area contributed by atoms with Gasteiger partial charge in [0.05, 0.1) is 0 Å².